The molecule has 1 fully saturated rings. The molecule has 1 saturated carbocycles. The second kappa shape index (κ2) is 6.32. The molecule has 0 radical (unpaired) electrons. The third-order valence-corrected chi connectivity index (χ3v) is 5.54. The van der Waals surface area contributed by atoms with Gasteiger partial charge in [0.2, 0.25) is 0 Å². The molecule has 0 aromatic heterocycles. The molecule has 0 aliphatic heterocycles. The summed E-state index contributed by atoms with van der Waals surface area (Å²) in [6.07, 6.45) is 2.76. The van der Waals surface area contributed by atoms with E-state index in [1.54, 1.807) is 6.92 Å². The molecule has 1 N–H and O–H groups in total. The Morgan fingerprint density at radius 2 is 2.10 bits per heavy atom. The molecule has 0 heterocycles. The minimum atomic E-state index is -3.09. The fourth-order valence-corrected chi connectivity index (χ4v) is 3.89. The van der Waals surface area contributed by atoms with Crippen LogP contribution in [0, 0.1) is 5.82 Å². The van der Waals surface area contributed by atoms with Crippen LogP contribution in [0.3, 0.4) is 0 Å². The van der Waals surface area contributed by atoms with Gasteiger partial charge >= 0.3 is 0 Å². The lowest BCUT2D eigenvalue weighted by molar-refractivity contribution is 0.142. The molecule has 1 aromatic rings. The number of rotatable bonds is 4. The summed E-state index contributed by atoms with van der Waals surface area (Å²) in [7, 11) is -3.09. The van der Waals surface area contributed by atoms with Crippen LogP contribution in [0.1, 0.15) is 44.3 Å². The van der Waals surface area contributed by atoms with Crippen LogP contribution in [-0.4, -0.2) is 31.1 Å². The van der Waals surface area contributed by atoms with Gasteiger partial charge < -0.3 is 9.84 Å². The number of benzene rings is 1. The summed E-state index contributed by atoms with van der Waals surface area (Å²) in [4.78, 5) is 0. The Kier molecular flexibility index (Phi) is 4.88. The van der Waals surface area contributed by atoms with Gasteiger partial charge in [0, 0.05) is 24.3 Å². The first-order chi connectivity index (χ1) is 9.77. The van der Waals surface area contributed by atoms with Crippen molar-refractivity contribution in [1.29, 1.82) is 0 Å². The molecule has 2 unspecified atom stereocenters. The summed E-state index contributed by atoms with van der Waals surface area (Å²) in [6, 6.07) is 4.01. The molecule has 4 nitrogen and oxygen atoms in total. The Morgan fingerprint density at radius 1 is 1.38 bits per heavy atom. The third-order valence-electron chi connectivity index (χ3n) is 3.90. The van der Waals surface area contributed by atoms with E-state index in [2.05, 4.69) is 0 Å². The van der Waals surface area contributed by atoms with E-state index < -0.39 is 27.0 Å². The molecule has 118 valence electrons. The van der Waals surface area contributed by atoms with Crippen molar-refractivity contribution in [2.75, 3.05) is 6.26 Å². The maximum Gasteiger partial charge on any atom is 0.150 e. The zero-order valence-electron chi connectivity index (χ0n) is 12.3. The first-order valence-electron chi connectivity index (χ1n) is 7.10. The normalized spacial score (nSPS) is 24.6. The van der Waals surface area contributed by atoms with Crippen LogP contribution < -0.4 is 4.74 Å². The zero-order valence-corrected chi connectivity index (χ0v) is 13.1. The Hall–Kier alpha value is -1.14. The van der Waals surface area contributed by atoms with Gasteiger partial charge in [0.15, 0.2) is 0 Å². The number of sulfone groups is 1. The second-order valence-electron chi connectivity index (χ2n) is 5.72. The van der Waals surface area contributed by atoms with E-state index in [1.165, 1.54) is 24.5 Å². The monoisotopic (exact) mass is 316 g/mol. The van der Waals surface area contributed by atoms with E-state index in [9.17, 15) is 17.9 Å². The molecule has 1 aliphatic carbocycles. The molecule has 2 rings (SSSR count). The first kappa shape index (κ1) is 16.2. The van der Waals surface area contributed by atoms with Crippen molar-refractivity contribution in [1.82, 2.24) is 0 Å². The number of halogens is 1. The summed E-state index contributed by atoms with van der Waals surface area (Å²) in [5.74, 6) is -0.144. The number of aliphatic hydroxyl groups is 1. The van der Waals surface area contributed by atoms with Gasteiger partial charge in [-0.25, -0.2) is 12.8 Å². The summed E-state index contributed by atoms with van der Waals surface area (Å²) < 4.78 is 42.5. The van der Waals surface area contributed by atoms with Crippen molar-refractivity contribution in [3.05, 3.63) is 29.6 Å². The lowest BCUT2D eigenvalue weighted by Gasteiger charge is -2.29. The number of aliphatic hydroxyl groups excluding tert-OH is 1. The number of ether oxygens (including phenoxy) is 1. The van der Waals surface area contributed by atoms with E-state index in [-0.39, 0.29) is 6.10 Å². The van der Waals surface area contributed by atoms with E-state index >= 15 is 0 Å². The molecule has 1 aliphatic rings. The van der Waals surface area contributed by atoms with Gasteiger partial charge in [0.1, 0.15) is 21.4 Å². The highest BCUT2D eigenvalue weighted by Crippen LogP contribution is 2.31. The molecule has 0 spiro atoms. The molecule has 3 atom stereocenters. The van der Waals surface area contributed by atoms with Gasteiger partial charge in [-0.15, -0.1) is 0 Å². The van der Waals surface area contributed by atoms with Crippen molar-refractivity contribution in [3.63, 3.8) is 0 Å². The third kappa shape index (κ3) is 4.17. The maximum absolute atomic E-state index is 13.4. The minimum Gasteiger partial charge on any atom is -0.490 e. The van der Waals surface area contributed by atoms with Gasteiger partial charge in [0.25, 0.3) is 0 Å². The largest absolute Gasteiger partial charge is 0.490 e. The van der Waals surface area contributed by atoms with Crippen LogP contribution in [0.15, 0.2) is 18.2 Å². The Balaban J connectivity index is 2.16. The average Bonchev–Trinajstić information content (AvgIpc) is 2.37. The lowest BCUT2D eigenvalue weighted by Crippen LogP contribution is -2.33. The molecular weight excluding hydrogens is 295 g/mol. The summed E-state index contributed by atoms with van der Waals surface area (Å²) in [5, 5.41) is 9.30. The highest BCUT2D eigenvalue weighted by molar-refractivity contribution is 7.91. The molecule has 0 bridgehead atoms. The van der Waals surface area contributed by atoms with Crippen molar-refractivity contribution in [3.8, 4) is 5.75 Å². The van der Waals surface area contributed by atoms with Crippen molar-refractivity contribution < 1.29 is 22.7 Å². The fraction of sp³-hybridized carbons (Fsp3) is 0.600. The van der Waals surface area contributed by atoms with Crippen LogP contribution >= 0.6 is 0 Å². The molecule has 6 heteroatoms. The van der Waals surface area contributed by atoms with E-state index in [0.717, 1.165) is 12.8 Å². The van der Waals surface area contributed by atoms with E-state index in [4.69, 9.17) is 4.74 Å². The first-order valence-corrected chi connectivity index (χ1v) is 9.06. The summed E-state index contributed by atoms with van der Waals surface area (Å²) >= 11 is 0. The Labute approximate surface area is 124 Å². The fourth-order valence-electron chi connectivity index (χ4n) is 2.73. The predicted molar refractivity (Wildman–Crippen MR) is 78.5 cm³/mol. The highest BCUT2D eigenvalue weighted by atomic mass is 32.2. The quantitative estimate of drug-likeness (QED) is 0.927. The molecule has 21 heavy (non-hydrogen) atoms. The molecule has 1 aromatic carbocycles. The summed E-state index contributed by atoms with van der Waals surface area (Å²) in [6.45, 7) is 1.58. The Morgan fingerprint density at radius 3 is 2.71 bits per heavy atom. The van der Waals surface area contributed by atoms with Gasteiger partial charge in [-0.05, 0) is 38.3 Å². The van der Waals surface area contributed by atoms with Gasteiger partial charge in [-0.3, -0.25) is 0 Å². The Bertz CT molecular complexity index is 598. The van der Waals surface area contributed by atoms with Crippen LogP contribution in [0.4, 0.5) is 4.39 Å². The van der Waals surface area contributed by atoms with Crippen LogP contribution in [-0.2, 0) is 9.84 Å². The van der Waals surface area contributed by atoms with E-state index in [1.807, 2.05) is 0 Å². The number of hydrogen-bond acceptors (Lipinski definition) is 4. The van der Waals surface area contributed by atoms with Crippen molar-refractivity contribution >= 4 is 9.84 Å². The highest BCUT2D eigenvalue weighted by Gasteiger charge is 2.30. The lowest BCUT2D eigenvalue weighted by atomic mass is 9.97. The number of hydrogen-bond donors (Lipinski definition) is 1. The zero-order chi connectivity index (χ0) is 15.6. The predicted octanol–water partition coefficient (Wildman–Crippen LogP) is 2.61. The SMILES string of the molecule is C[C@@H](O)c1ccc(F)cc1OC1CCCC(S(C)(=O)=O)C1. The van der Waals surface area contributed by atoms with Crippen LogP contribution in [0.5, 0.6) is 5.75 Å². The maximum atomic E-state index is 13.4. The smallest absolute Gasteiger partial charge is 0.150 e. The topological polar surface area (TPSA) is 63.6 Å². The van der Waals surface area contributed by atoms with Crippen molar-refractivity contribution in [2.45, 2.75) is 50.1 Å². The van der Waals surface area contributed by atoms with Gasteiger partial charge in [-0.1, -0.05) is 0 Å². The van der Waals surface area contributed by atoms with Crippen molar-refractivity contribution in [2.24, 2.45) is 0 Å². The molecular formula is C15H21FO4S. The van der Waals surface area contributed by atoms with E-state index in [0.29, 0.717) is 24.2 Å². The summed E-state index contributed by atoms with van der Waals surface area (Å²) in [5.41, 5.74) is 0.512. The van der Waals surface area contributed by atoms with Gasteiger partial charge in [-0.2, -0.15) is 0 Å². The van der Waals surface area contributed by atoms with Crippen LogP contribution in [0.2, 0.25) is 0 Å². The average molecular weight is 316 g/mol. The second-order valence-corrected chi connectivity index (χ2v) is 8.04. The van der Waals surface area contributed by atoms with Crippen LogP contribution in [0.25, 0.3) is 0 Å². The molecule has 0 saturated heterocycles. The van der Waals surface area contributed by atoms with Gasteiger partial charge in [0.05, 0.1) is 17.5 Å². The minimum absolute atomic E-state index is 0.266. The molecule has 0 amide bonds. The standard InChI is InChI=1S/C15H21FO4S/c1-10(17)14-7-6-11(16)8-15(14)20-12-4-3-5-13(9-12)21(2,18)19/h6-8,10,12-13,17H,3-5,9H2,1-2H3/t10-,12?,13?/m1/s1.